The summed E-state index contributed by atoms with van der Waals surface area (Å²) in [6, 6.07) is 5.12. The molecule has 8 heteroatoms. The number of rotatable bonds is 4. The SMILES string of the molecule is CC(C)(C)NC(=O)c1ccc(S(=O)(=O)N2CCCC2C(=O)NC(C)(C)C)cc1. The first-order chi connectivity index (χ1) is 12.7. The summed E-state index contributed by atoms with van der Waals surface area (Å²) in [5.41, 5.74) is -0.431. The molecule has 1 aromatic rings. The van der Waals surface area contributed by atoms with Crippen molar-refractivity contribution in [1.82, 2.24) is 14.9 Å². The van der Waals surface area contributed by atoms with Gasteiger partial charge < -0.3 is 10.6 Å². The molecular weight excluding hydrogens is 378 g/mol. The van der Waals surface area contributed by atoms with Gasteiger partial charge in [0.15, 0.2) is 0 Å². The zero-order valence-corrected chi connectivity index (χ0v) is 18.3. The molecule has 1 fully saturated rings. The van der Waals surface area contributed by atoms with Gasteiger partial charge in [-0.15, -0.1) is 0 Å². The number of nitrogens with zero attached hydrogens (tertiary/aromatic N) is 1. The lowest BCUT2D eigenvalue weighted by atomic mass is 10.1. The third-order valence-electron chi connectivity index (χ3n) is 4.22. The first-order valence-electron chi connectivity index (χ1n) is 9.47. The fourth-order valence-corrected chi connectivity index (χ4v) is 4.73. The molecule has 28 heavy (non-hydrogen) atoms. The molecule has 1 aromatic carbocycles. The van der Waals surface area contributed by atoms with Crippen LogP contribution in [0.15, 0.2) is 29.2 Å². The zero-order chi connectivity index (χ0) is 21.3. The van der Waals surface area contributed by atoms with Crippen LogP contribution < -0.4 is 10.6 Å². The predicted molar refractivity (Wildman–Crippen MR) is 108 cm³/mol. The van der Waals surface area contributed by atoms with E-state index >= 15 is 0 Å². The van der Waals surface area contributed by atoms with Crippen LogP contribution in [0.5, 0.6) is 0 Å². The molecule has 2 N–H and O–H groups in total. The monoisotopic (exact) mass is 409 g/mol. The van der Waals surface area contributed by atoms with Gasteiger partial charge in [0.1, 0.15) is 6.04 Å². The minimum Gasteiger partial charge on any atom is -0.350 e. The quantitative estimate of drug-likeness (QED) is 0.797. The van der Waals surface area contributed by atoms with E-state index in [1.54, 1.807) is 0 Å². The molecule has 0 aromatic heterocycles. The molecule has 7 nitrogen and oxygen atoms in total. The molecule has 1 heterocycles. The first-order valence-corrected chi connectivity index (χ1v) is 10.9. The third kappa shape index (κ3) is 5.54. The van der Waals surface area contributed by atoms with Crippen LogP contribution in [0.3, 0.4) is 0 Å². The van der Waals surface area contributed by atoms with Crippen molar-refractivity contribution in [3.05, 3.63) is 29.8 Å². The van der Waals surface area contributed by atoms with Crippen molar-refractivity contribution in [3.8, 4) is 0 Å². The Morgan fingerprint density at radius 1 is 0.964 bits per heavy atom. The van der Waals surface area contributed by atoms with Crippen molar-refractivity contribution in [2.24, 2.45) is 0 Å². The van der Waals surface area contributed by atoms with E-state index in [-0.39, 0.29) is 22.2 Å². The van der Waals surface area contributed by atoms with E-state index in [0.717, 1.165) is 0 Å². The van der Waals surface area contributed by atoms with Gasteiger partial charge in [0.25, 0.3) is 5.91 Å². The summed E-state index contributed by atoms with van der Waals surface area (Å²) >= 11 is 0. The highest BCUT2D eigenvalue weighted by molar-refractivity contribution is 7.89. The topological polar surface area (TPSA) is 95.6 Å². The van der Waals surface area contributed by atoms with Crippen molar-refractivity contribution >= 4 is 21.8 Å². The molecule has 0 bridgehead atoms. The molecule has 1 unspecified atom stereocenters. The van der Waals surface area contributed by atoms with E-state index in [2.05, 4.69) is 10.6 Å². The van der Waals surface area contributed by atoms with E-state index in [1.807, 2.05) is 41.5 Å². The molecule has 1 aliphatic heterocycles. The Balaban J connectivity index is 2.21. The van der Waals surface area contributed by atoms with Crippen LogP contribution in [0.25, 0.3) is 0 Å². The Morgan fingerprint density at radius 2 is 1.50 bits per heavy atom. The second-order valence-corrected chi connectivity index (χ2v) is 11.1. The van der Waals surface area contributed by atoms with Crippen LogP contribution >= 0.6 is 0 Å². The van der Waals surface area contributed by atoms with E-state index in [0.29, 0.717) is 24.9 Å². The smallest absolute Gasteiger partial charge is 0.251 e. The van der Waals surface area contributed by atoms with Crippen molar-refractivity contribution in [3.63, 3.8) is 0 Å². The summed E-state index contributed by atoms with van der Waals surface area (Å²) < 4.78 is 27.4. The van der Waals surface area contributed by atoms with Crippen LogP contribution in [-0.2, 0) is 14.8 Å². The van der Waals surface area contributed by atoms with Crippen LogP contribution in [0.4, 0.5) is 0 Å². The number of amides is 2. The maximum absolute atomic E-state index is 13.1. The zero-order valence-electron chi connectivity index (χ0n) is 17.5. The summed E-state index contributed by atoms with van der Waals surface area (Å²) in [7, 11) is -3.83. The Bertz CT molecular complexity index is 834. The van der Waals surface area contributed by atoms with Crippen LogP contribution in [-0.4, -0.2) is 48.2 Å². The number of sulfonamides is 1. The minimum atomic E-state index is -3.83. The molecule has 0 radical (unpaired) electrons. The molecule has 0 spiro atoms. The van der Waals surface area contributed by atoms with Gasteiger partial charge in [0.05, 0.1) is 4.90 Å². The third-order valence-corrected chi connectivity index (χ3v) is 6.14. The number of benzene rings is 1. The van der Waals surface area contributed by atoms with Gasteiger partial charge in [0, 0.05) is 23.2 Å². The molecule has 1 aliphatic rings. The minimum absolute atomic E-state index is 0.0790. The molecule has 1 saturated heterocycles. The largest absolute Gasteiger partial charge is 0.350 e. The average molecular weight is 410 g/mol. The highest BCUT2D eigenvalue weighted by Crippen LogP contribution is 2.27. The fourth-order valence-electron chi connectivity index (χ4n) is 3.07. The lowest BCUT2D eigenvalue weighted by Crippen LogP contribution is -2.51. The second-order valence-electron chi connectivity index (χ2n) is 9.24. The first kappa shape index (κ1) is 22.4. The molecule has 1 atom stereocenters. The molecule has 0 aliphatic carbocycles. The number of carbonyl (C=O) groups excluding carboxylic acids is 2. The van der Waals surface area contributed by atoms with Crippen molar-refractivity contribution in [2.75, 3.05) is 6.54 Å². The Morgan fingerprint density at radius 3 is 2.00 bits per heavy atom. The fraction of sp³-hybridized carbons (Fsp3) is 0.600. The highest BCUT2D eigenvalue weighted by atomic mass is 32.2. The molecule has 2 amide bonds. The Labute approximate surface area is 167 Å². The van der Waals surface area contributed by atoms with Gasteiger partial charge in [-0.1, -0.05) is 0 Å². The predicted octanol–water partition coefficient (Wildman–Crippen LogP) is 2.28. The lowest BCUT2D eigenvalue weighted by molar-refractivity contribution is -0.125. The number of hydrogen-bond donors (Lipinski definition) is 2. The summed E-state index contributed by atoms with van der Waals surface area (Å²) in [6.07, 6.45) is 1.13. The van der Waals surface area contributed by atoms with Gasteiger partial charge in [-0.2, -0.15) is 4.31 Å². The second kappa shape index (κ2) is 7.83. The average Bonchev–Trinajstić information content (AvgIpc) is 3.02. The van der Waals surface area contributed by atoms with Gasteiger partial charge in [-0.25, -0.2) is 8.42 Å². The van der Waals surface area contributed by atoms with E-state index in [1.165, 1.54) is 28.6 Å². The van der Waals surface area contributed by atoms with Crippen molar-refractivity contribution < 1.29 is 18.0 Å². The van der Waals surface area contributed by atoms with E-state index < -0.39 is 21.6 Å². The highest BCUT2D eigenvalue weighted by Gasteiger charge is 2.40. The van der Waals surface area contributed by atoms with Gasteiger partial charge in [-0.05, 0) is 78.6 Å². The summed E-state index contributed by atoms with van der Waals surface area (Å²) in [5.74, 6) is -0.546. The summed E-state index contributed by atoms with van der Waals surface area (Å²) in [5, 5.41) is 5.70. The normalized spacial score (nSPS) is 18.7. The summed E-state index contributed by atoms with van der Waals surface area (Å²) in [6.45, 7) is 11.5. The number of carbonyl (C=O) groups is 2. The van der Waals surface area contributed by atoms with Gasteiger partial charge in [-0.3, -0.25) is 9.59 Å². The summed E-state index contributed by atoms with van der Waals surface area (Å²) in [4.78, 5) is 24.9. The Hall–Kier alpha value is -1.93. The maximum Gasteiger partial charge on any atom is 0.251 e. The standard InChI is InChI=1S/C20H31N3O4S/c1-19(2,3)21-17(24)14-9-11-15(12-10-14)28(26,27)23-13-7-8-16(23)18(25)22-20(4,5)6/h9-12,16H,7-8,13H2,1-6H3,(H,21,24)(H,22,25). The molecule has 0 saturated carbocycles. The number of hydrogen-bond acceptors (Lipinski definition) is 4. The van der Waals surface area contributed by atoms with Gasteiger partial charge >= 0.3 is 0 Å². The molecular formula is C20H31N3O4S. The lowest BCUT2D eigenvalue weighted by Gasteiger charge is -2.28. The van der Waals surface area contributed by atoms with Crippen LogP contribution in [0.2, 0.25) is 0 Å². The van der Waals surface area contributed by atoms with Crippen LogP contribution in [0, 0.1) is 0 Å². The Kier molecular flexibility index (Phi) is 6.25. The maximum atomic E-state index is 13.1. The van der Waals surface area contributed by atoms with E-state index in [4.69, 9.17) is 0 Å². The van der Waals surface area contributed by atoms with Crippen molar-refractivity contribution in [2.45, 2.75) is 76.4 Å². The number of nitrogens with one attached hydrogen (secondary N) is 2. The molecule has 156 valence electrons. The molecule has 2 rings (SSSR count). The van der Waals surface area contributed by atoms with E-state index in [9.17, 15) is 18.0 Å². The van der Waals surface area contributed by atoms with Crippen LogP contribution in [0.1, 0.15) is 64.7 Å². The van der Waals surface area contributed by atoms with Crippen molar-refractivity contribution in [1.29, 1.82) is 0 Å². The van der Waals surface area contributed by atoms with Gasteiger partial charge in [0.2, 0.25) is 15.9 Å².